The van der Waals surface area contributed by atoms with Gasteiger partial charge in [-0.25, -0.2) is 4.39 Å². The minimum absolute atomic E-state index is 0.00847. The summed E-state index contributed by atoms with van der Waals surface area (Å²) in [5.74, 6) is -2.46. The first-order valence-electron chi connectivity index (χ1n) is 5.90. The fraction of sp³-hybridized carbons (Fsp3) is 0.133. The van der Waals surface area contributed by atoms with Crippen molar-refractivity contribution in [2.75, 3.05) is 0 Å². The van der Waals surface area contributed by atoms with E-state index >= 15 is 0 Å². The minimum atomic E-state index is -1.06. The molecular formula is C15H11Cl2FO2. The Kier molecular flexibility index (Phi) is 4.63. The van der Waals surface area contributed by atoms with Gasteiger partial charge in [-0.1, -0.05) is 41.4 Å². The monoisotopic (exact) mass is 312 g/mol. The number of carbonyl (C=O) groups is 1. The lowest BCUT2D eigenvalue weighted by molar-refractivity contribution is -0.138. The molecule has 0 fully saturated rings. The van der Waals surface area contributed by atoms with Crippen LogP contribution in [-0.4, -0.2) is 11.1 Å². The Morgan fingerprint density at radius 1 is 1.20 bits per heavy atom. The first kappa shape index (κ1) is 14.8. The van der Waals surface area contributed by atoms with Crippen molar-refractivity contribution in [1.29, 1.82) is 0 Å². The average molecular weight is 313 g/mol. The molecule has 0 aromatic heterocycles. The van der Waals surface area contributed by atoms with Gasteiger partial charge in [0.15, 0.2) is 0 Å². The Balaban J connectivity index is 2.38. The van der Waals surface area contributed by atoms with Gasteiger partial charge in [-0.05, 0) is 41.8 Å². The number of hydrogen-bond donors (Lipinski definition) is 1. The van der Waals surface area contributed by atoms with E-state index in [1.165, 1.54) is 18.2 Å². The van der Waals surface area contributed by atoms with Crippen LogP contribution in [0.5, 0.6) is 0 Å². The second kappa shape index (κ2) is 6.25. The van der Waals surface area contributed by atoms with Gasteiger partial charge in [0, 0.05) is 10.0 Å². The predicted octanol–water partition coefficient (Wildman–Crippen LogP) is 4.54. The molecule has 0 aliphatic carbocycles. The van der Waals surface area contributed by atoms with E-state index in [-0.39, 0.29) is 12.0 Å². The first-order valence-corrected chi connectivity index (χ1v) is 6.66. The van der Waals surface area contributed by atoms with E-state index in [0.29, 0.717) is 15.6 Å². The highest BCUT2D eigenvalue weighted by Crippen LogP contribution is 2.29. The topological polar surface area (TPSA) is 37.3 Å². The Bertz CT molecular complexity index is 644. The van der Waals surface area contributed by atoms with Crippen LogP contribution in [0.3, 0.4) is 0 Å². The average Bonchev–Trinajstić information content (AvgIpc) is 2.40. The van der Waals surface area contributed by atoms with Crippen LogP contribution in [0.1, 0.15) is 17.0 Å². The molecular weight excluding hydrogens is 302 g/mol. The number of aliphatic carboxylic acids is 1. The third-order valence-corrected chi connectivity index (χ3v) is 3.59. The van der Waals surface area contributed by atoms with Crippen molar-refractivity contribution in [1.82, 2.24) is 0 Å². The molecule has 0 radical (unpaired) electrons. The van der Waals surface area contributed by atoms with Crippen LogP contribution in [0.15, 0.2) is 42.5 Å². The van der Waals surface area contributed by atoms with Gasteiger partial charge in [0.1, 0.15) is 5.82 Å². The normalized spacial score (nSPS) is 12.2. The van der Waals surface area contributed by atoms with Crippen LogP contribution in [0.2, 0.25) is 10.0 Å². The summed E-state index contributed by atoms with van der Waals surface area (Å²) in [7, 11) is 0. The molecule has 0 amide bonds. The molecule has 2 aromatic carbocycles. The van der Waals surface area contributed by atoms with Crippen molar-refractivity contribution < 1.29 is 14.3 Å². The molecule has 0 heterocycles. The van der Waals surface area contributed by atoms with Crippen molar-refractivity contribution in [2.24, 2.45) is 0 Å². The molecule has 0 saturated heterocycles. The summed E-state index contributed by atoms with van der Waals surface area (Å²) in [6, 6.07) is 10.7. The summed E-state index contributed by atoms with van der Waals surface area (Å²) >= 11 is 11.8. The number of carboxylic acid groups (broad SMARTS) is 1. The minimum Gasteiger partial charge on any atom is -0.481 e. The lowest BCUT2D eigenvalue weighted by Gasteiger charge is -2.15. The number of carboxylic acids is 1. The van der Waals surface area contributed by atoms with Crippen LogP contribution >= 0.6 is 23.2 Å². The van der Waals surface area contributed by atoms with Gasteiger partial charge in [0.25, 0.3) is 0 Å². The summed E-state index contributed by atoms with van der Waals surface area (Å²) < 4.78 is 13.7. The fourth-order valence-corrected chi connectivity index (χ4v) is 2.47. The molecule has 1 unspecified atom stereocenters. The summed E-state index contributed by atoms with van der Waals surface area (Å²) in [6.07, 6.45) is -0.00847. The second-order valence-corrected chi connectivity index (χ2v) is 5.20. The first-order chi connectivity index (χ1) is 9.49. The van der Waals surface area contributed by atoms with Crippen LogP contribution in [0, 0.1) is 5.82 Å². The van der Waals surface area contributed by atoms with Crippen molar-refractivity contribution >= 4 is 29.2 Å². The van der Waals surface area contributed by atoms with Crippen molar-refractivity contribution in [3.63, 3.8) is 0 Å². The van der Waals surface area contributed by atoms with Gasteiger partial charge in [-0.15, -0.1) is 0 Å². The highest BCUT2D eigenvalue weighted by molar-refractivity contribution is 6.31. The van der Waals surface area contributed by atoms with Gasteiger partial charge in [0.2, 0.25) is 0 Å². The molecule has 0 bridgehead atoms. The second-order valence-electron chi connectivity index (χ2n) is 4.35. The molecule has 0 saturated carbocycles. The largest absolute Gasteiger partial charge is 0.481 e. The van der Waals surface area contributed by atoms with Gasteiger partial charge in [-0.2, -0.15) is 0 Å². The van der Waals surface area contributed by atoms with Gasteiger partial charge >= 0.3 is 5.97 Å². The van der Waals surface area contributed by atoms with Gasteiger partial charge < -0.3 is 5.11 Å². The van der Waals surface area contributed by atoms with E-state index in [0.717, 1.165) is 0 Å². The molecule has 2 rings (SSSR count). The van der Waals surface area contributed by atoms with Crippen molar-refractivity contribution in [3.8, 4) is 0 Å². The highest BCUT2D eigenvalue weighted by Gasteiger charge is 2.24. The quantitative estimate of drug-likeness (QED) is 0.899. The molecule has 1 atom stereocenters. The Morgan fingerprint density at radius 2 is 1.90 bits per heavy atom. The Morgan fingerprint density at radius 3 is 2.55 bits per heavy atom. The molecule has 2 aromatic rings. The molecule has 1 N–H and O–H groups in total. The van der Waals surface area contributed by atoms with E-state index in [4.69, 9.17) is 23.2 Å². The molecule has 5 heteroatoms. The third kappa shape index (κ3) is 3.30. The number of hydrogen-bond acceptors (Lipinski definition) is 1. The SMILES string of the molecule is O=C(O)C(Cc1cc(Cl)ccc1F)c1ccccc1Cl. The van der Waals surface area contributed by atoms with Gasteiger partial charge in [-0.3, -0.25) is 4.79 Å². The van der Waals surface area contributed by atoms with E-state index in [9.17, 15) is 14.3 Å². The van der Waals surface area contributed by atoms with Crippen molar-refractivity contribution in [3.05, 3.63) is 69.5 Å². The molecule has 0 aliphatic heterocycles. The zero-order valence-corrected chi connectivity index (χ0v) is 11.8. The maximum absolute atomic E-state index is 13.7. The smallest absolute Gasteiger partial charge is 0.311 e. The molecule has 104 valence electrons. The Labute approximate surface area is 125 Å². The van der Waals surface area contributed by atoms with E-state index in [1.807, 2.05) is 0 Å². The zero-order chi connectivity index (χ0) is 14.7. The van der Waals surface area contributed by atoms with Crippen LogP contribution in [0.25, 0.3) is 0 Å². The van der Waals surface area contributed by atoms with Crippen LogP contribution in [0.4, 0.5) is 4.39 Å². The van der Waals surface area contributed by atoms with Crippen LogP contribution < -0.4 is 0 Å². The predicted molar refractivity (Wildman–Crippen MR) is 76.9 cm³/mol. The lowest BCUT2D eigenvalue weighted by Crippen LogP contribution is -2.15. The highest BCUT2D eigenvalue weighted by atomic mass is 35.5. The number of rotatable bonds is 4. The molecule has 0 spiro atoms. The lowest BCUT2D eigenvalue weighted by atomic mass is 9.92. The van der Waals surface area contributed by atoms with Gasteiger partial charge in [0.05, 0.1) is 5.92 Å². The fourth-order valence-electron chi connectivity index (χ4n) is 2.01. The molecule has 2 nitrogen and oxygen atoms in total. The van der Waals surface area contributed by atoms with Crippen molar-refractivity contribution in [2.45, 2.75) is 12.3 Å². The zero-order valence-electron chi connectivity index (χ0n) is 10.3. The standard InChI is InChI=1S/C15H11Cl2FO2/c16-10-5-6-14(18)9(7-10)8-12(15(19)20)11-3-1-2-4-13(11)17/h1-7,12H,8H2,(H,19,20). The summed E-state index contributed by atoms with van der Waals surface area (Å²) in [5, 5.41) is 10.1. The number of halogens is 3. The van der Waals surface area contributed by atoms with E-state index < -0.39 is 17.7 Å². The molecule has 0 aliphatic rings. The summed E-state index contributed by atoms with van der Waals surface area (Å²) in [6.45, 7) is 0. The summed E-state index contributed by atoms with van der Waals surface area (Å²) in [5.41, 5.74) is 0.714. The summed E-state index contributed by atoms with van der Waals surface area (Å²) in [4.78, 5) is 11.4. The maximum Gasteiger partial charge on any atom is 0.311 e. The molecule has 20 heavy (non-hydrogen) atoms. The number of benzene rings is 2. The third-order valence-electron chi connectivity index (χ3n) is 3.01. The van der Waals surface area contributed by atoms with E-state index in [2.05, 4.69) is 0 Å². The maximum atomic E-state index is 13.7. The van der Waals surface area contributed by atoms with E-state index in [1.54, 1.807) is 24.3 Å². The van der Waals surface area contributed by atoms with Crippen LogP contribution in [-0.2, 0) is 11.2 Å². The Hall–Kier alpha value is -1.58.